The highest BCUT2D eigenvalue weighted by Crippen LogP contribution is 2.50. The van der Waals surface area contributed by atoms with Gasteiger partial charge in [-0.3, -0.25) is 4.98 Å². The van der Waals surface area contributed by atoms with Crippen LogP contribution < -0.4 is 0 Å². The second kappa shape index (κ2) is 13.4. The zero-order valence-corrected chi connectivity index (χ0v) is 32.6. The number of nitriles is 1. The lowest BCUT2D eigenvalue weighted by Gasteiger charge is -2.22. The van der Waals surface area contributed by atoms with E-state index in [0.717, 1.165) is 55.7 Å². The summed E-state index contributed by atoms with van der Waals surface area (Å²) in [5.41, 5.74) is 14.4. The van der Waals surface area contributed by atoms with E-state index in [-0.39, 0.29) is 5.41 Å². The first-order valence-electron chi connectivity index (χ1n) is 20.0. The number of aromatic nitrogens is 3. The third-order valence-electron chi connectivity index (χ3n) is 12.2. The van der Waals surface area contributed by atoms with Crippen LogP contribution in [0.4, 0.5) is 0 Å². The smallest absolute Gasteiger partial charge is 0.160 e. The maximum Gasteiger partial charge on any atom is 0.160 e. The lowest BCUT2D eigenvalue weighted by molar-refractivity contribution is 0.660. The van der Waals surface area contributed by atoms with Crippen molar-refractivity contribution in [3.8, 4) is 73.4 Å². The van der Waals surface area contributed by atoms with E-state index < -0.39 is 0 Å². The quantitative estimate of drug-likeness (QED) is 0.164. The van der Waals surface area contributed by atoms with Crippen LogP contribution in [0.3, 0.4) is 0 Å². The molecule has 0 saturated carbocycles. The zero-order valence-electron chi connectivity index (χ0n) is 32.6. The van der Waals surface area contributed by atoms with Crippen molar-refractivity contribution in [1.29, 1.82) is 5.26 Å². The predicted octanol–water partition coefficient (Wildman–Crippen LogP) is 13.8. The molecule has 2 aromatic heterocycles. The molecule has 0 radical (unpaired) electrons. The normalized spacial score (nSPS) is 12.7. The van der Waals surface area contributed by atoms with Gasteiger partial charge in [0.1, 0.15) is 0 Å². The van der Waals surface area contributed by atoms with Crippen molar-refractivity contribution in [2.24, 2.45) is 0 Å². The van der Waals surface area contributed by atoms with Crippen molar-refractivity contribution in [3.63, 3.8) is 0 Å². The molecule has 4 heteroatoms. The van der Waals surface area contributed by atoms with Crippen LogP contribution in [-0.2, 0) is 5.41 Å². The molecule has 276 valence electrons. The molecule has 0 atom stereocenters. The van der Waals surface area contributed by atoms with Crippen LogP contribution >= 0.6 is 0 Å². The van der Waals surface area contributed by atoms with Gasteiger partial charge in [-0.2, -0.15) is 5.26 Å². The molecule has 0 fully saturated rings. The minimum atomic E-state index is -0.272. The Morgan fingerprint density at radius 1 is 0.424 bits per heavy atom. The van der Waals surface area contributed by atoms with Crippen molar-refractivity contribution in [1.82, 2.24) is 15.0 Å². The Morgan fingerprint density at radius 3 is 1.69 bits per heavy atom. The molecule has 8 aromatic carbocycles. The summed E-state index contributed by atoms with van der Waals surface area (Å²) in [4.78, 5) is 15.0. The summed E-state index contributed by atoms with van der Waals surface area (Å²) in [6, 6.07) is 62.4. The summed E-state index contributed by atoms with van der Waals surface area (Å²) in [6.07, 6.45) is 3.88. The van der Waals surface area contributed by atoms with Crippen molar-refractivity contribution < 1.29 is 0 Å². The number of rotatable bonds is 5. The van der Waals surface area contributed by atoms with Crippen molar-refractivity contribution in [2.45, 2.75) is 19.3 Å². The Morgan fingerprint density at radius 2 is 0.983 bits per heavy atom. The van der Waals surface area contributed by atoms with Gasteiger partial charge in [-0.1, -0.05) is 129 Å². The Kier molecular flexibility index (Phi) is 7.86. The molecule has 0 aliphatic heterocycles. The lowest BCUT2D eigenvalue weighted by Crippen LogP contribution is -2.15. The topological polar surface area (TPSA) is 62.5 Å². The fraction of sp³-hybridized carbons (Fsp3) is 0.0545. The molecule has 0 amide bonds. The Bertz CT molecular complexity index is 3270. The van der Waals surface area contributed by atoms with E-state index in [4.69, 9.17) is 9.97 Å². The van der Waals surface area contributed by atoms with Gasteiger partial charge in [0.15, 0.2) is 5.82 Å². The first kappa shape index (κ1) is 34.5. The number of fused-ring (bicyclic) bond motifs is 9. The predicted molar refractivity (Wildman–Crippen MR) is 242 cm³/mol. The molecule has 0 bridgehead atoms. The van der Waals surface area contributed by atoms with E-state index >= 15 is 0 Å². The van der Waals surface area contributed by atoms with Crippen LogP contribution in [0.15, 0.2) is 182 Å². The fourth-order valence-electron chi connectivity index (χ4n) is 9.14. The summed E-state index contributed by atoms with van der Waals surface area (Å²) in [6.45, 7) is 4.53. The highest BCUT2D eigenvalue weighted by Gasteiger charge is 2.36. The summed E-state index contributed by atoms with van der Waals surface area (Å²) in [7, 11) is 0. The van der Waals surface area contributed by atoms with Gasteiger partial charge in [-0.15, -0.1) is 0 Å². The van der Waals surface area contributed by atoms with Gasteiger partial charge in [0, 0.05) is 39.9 Å². The van der Waals surface area contributed by atoms with Gasteiger partial charge in [-0.05, 0) is 126 Å². The maximum atomic E-state index is 9.75. The molecule has 59 heavy (non-hydrogen) atoms. The second-order valence-electron chi connectivity index (χ2n) is 16.0. The fourth-order valence-corrected chi connectivity index (χ4v) is 9.14. The number of pyridine rings is 1. The SMILES string of the molecule is CC1(C)c2cc(C#N)ccc2-c2ccc(-c3cc(-c4ccc5c6ccccc6c6ccncc6c5c4)cc(-c4cc(-c5ccccc5)nc(-c5ccccc5)n4)c3)cc21. The van der Waals surface area contributed by atoms with E-state index in [2.05, 4.69) is 164 Å². The Hall–Kier alpha value is -7.74. The standard InChI is InChI=1S/C55H36N4/c1-55(2)50-25-34(32-56)17-20-46(50)47-22-19-38(30-51(47)55)40-26-39(37-18-21-44-42-15-9-10-16-43(42)45-23-24-57-33-49(45)48(44)29-37)27-41(28-40)53-31-52(35-11-5-3-6-12-35)58-54(59-53)36-13-7-4-8-14-36/h3-31,33H,1-2H3. The summed E-state index contributed by atoms with van der Waals surface area (Å²) < 4.78 is 0. The second-order valence-corrected chi connectivity index (χ2v) is 16.0. The van der Waals surface area contributed by atoms with E-state index in [0.29, 0.717) is 11.4 Å². The molecule has 4 nitrogen and oxygen atoms in total. The van der Waals surface area contributed by atoms with Gasteiger partial charge in [0.2, 0.25) is 0 Å². The summed E-state index contributed by atoms with van der Waals surface area (Å²) >= 11 is 0. The van der Waals surface area contributed by atoms with Gasteiger partial charge >= 0.3 is 0 Å². The van der Waals surface area contributed by atoms with Crippen LogP contribution in [0.5, 0.6) is 0 Å². The summed E-state index contributed by atoms with van der Waals surface area (Å²) in [5, 5.41) is 16.9. The Balaban J connectivity index is 1.15. The first-order chi connectivity index (χ1) is 28.9. The average molecular weight is 753 g/mol. The molecule has 1 aliphatic carbocycles. The number of hydrogen-bond donors (Lipinski definition) is 0. The molecule has 0 spiro atoms. The molecular weight excluding hydrogens is 717 g/mol. The molecule has 10 aromatic rings. The highest BCUT2D eigenvalue weighted by molar-refractivity contribution is 6.25. The maximum absolute atomic E-state index is 9.75. The molecule has 1 aliphatic rings. The van der Waals surface area contributed by atoms with Crippen molar-refractivity contribution in [2.75, 3.05) is 0 Å². The number of nitrogens with zero attached hydrogens (tertiary/aromatic N) is 4. The van der Waals surface area contributed by atoms with E-state index in [1.165, 1.54) is 49.2 Å². The van der Waals surface area contributed by atoms with Crippen molar-refractivity contribution in [3.05, 3.63) is 199 Å². The molecule has 0 saturated heterocycles. The minimum absolute atomic E-state index is 0.272. The zero-order chi connectivity index (χ0) is 39.7. The molecular formula is C55H36N4. The van der Waals surface area contributed by atoms with Gasteiger partial charge in [0.05, 0.1) is 23.0 Å². The summed E-state index contributed by atoms with van der Waals surface area (Å²) in [5.74, 6) is 0.680. The molecule has 2 heterocycles. The van der Waals surface area contributed by atoms with E-state index in [1.807, 2.05) is 42.7 Å². The van der Waals surface area contributed by atoms with Crippen molar-refractivity contribution >= 4 is 32.3 Å². The molecule has 0 unspecified atom stereocenters. The van der Waals surface area contributed by atoms with E-state index in [9.17, 15) is 5.26 Å². The van der Waals surface area contributed by atoms with Crippen LogP contribution in [-0.4, -0.2) is 15.0 Å². The van der Waals surface area contributed by atoms with Crippen LogP contribution in [0.1, 0.15) is 30.5 Å². The van der Waals surface area contributed by atoms with Crippen LogP contribution in [0, 0.1) is 11.3 Å². The Labute approximate surface area is 342 Å². The highest BCUT2D eigenvalue weighted by atomic mass is 14.9. The largest absolute Gasteiger partial charge is 0.264 e. The third kappa shape index (κ3) is 5.70. The third-order valence-corrected chi connectivity index (χ3v) is 12.2. The van der Waals surface area contributed by atoms with Gasteiger partial charge < -0.3 is 0 Å². The molecule has 0 N–H and O–H groups in total. The van der Waals surface area contributed by atoms with Crippen LogP contribution in [0.25, 0.3) is 99.6 Å². The van der Waals surface area contributed by atoms with Gasteiger partial charge in [0.25, 0.3) is 0 Å². The lowest BCUT2D eigenvalue weighted by atomic mass is 9.81. The first-order valence-corrected chi connectivity index (χ1v) is 20.0. The number of benzene rings is 8. The monoisotopic (exact) mass is 752 g/mol. The van der Waals surface area contributed by atoms with E-state index in [1.54, 1.807) is 0 Å². The molecule has 11 rings (SSSR count). The van der Waals surface area contributed by atoms with Gasteiger partial charge in [-0.25, -0.2) is 9.97 Å². The minimum Gasteiger partial charge on any atom is -0.264 e. The average Bonchev–Trinajstić information content (AvgIpc) is 3.53. The number of hydrogen-bond acceptors (Lipinski definition) is 4. The van der Waals surface area contributed by atoms with Crippen LogP contribution in [0.2, 0.25) is 0 Å².